The average molecular weight is 682 g/mol. The minimum absolute atomic E-state index is 0.0812. The van der Waals surface area contributed by atoms with Gasteiger partial charge in [0.05, 0.1) is 0 Å². The Bertz CT molecular complexity index is 1760. The van der Waals surface area contributed by atoms with E-state index in [9.17, 15) is 23.2 Å². The zero-order valence-corrected chi connectivity index (χ0v) is 29.0. The molecule has 10 heteroatoms. The van der Waals surface area contributed by atoms with Crippen LogP contribution in [0.2, 0.25) is 0 Å². The van der Waals surface area contributed by atoms with E-state index in [-0.39, 0.29) is 19.4 Å². The van der Waals surface area contributed by atoms with E-state index >= 15 is 0 Å². The quantitative estimate of drug-likeness (QED) is 0.161. The molecular formula is C40H45F2N5O3. The van der Waals surface area contributed by atoms with Crippen LogP contribution in [0, 0.1) is 11.6 Å². The van der Waals surface area contributed by atoms with Crippen LogP contribution < -0.4 is 11.1 Å². The molecule has 3 N–H and O–H groups in total. The minimum atomic E-state index is -1.09. The molecule has 0 spiro atoms. The van der Waals surface area contributed by atoms with Crippen molar-refractivity contribution in [2.75, 3.05) is 20.6 Å². The zero-order chi connectivity index (χ0) is 36.3. The predicted molar refractivity (Wildman–Crippen MR) is 192 cm³/mol. The smallest absolute Gasteiger partial charge is 0.246 e. The second-order valence-corrected chi connectivity index (χ2v) is 13.1. The fourth-order valence-electron chi connectivity index (χ4n) is 5.49. The number of nitrogens with zero attached hydrogens (tertiary/aromatic N) is 3. The molecule has 0 fully saturated rings. The lowest BCUT2D eigenvalue weighted by molar-refractivity contribution is -0.146. The molecule has 3 aromatic carbocycles. The Hall–Kier alpha value is -5.22. The summed E-state index contributed by atoms with van der Waals surface area (Å²) < 4.78 is 28.0. The summed E-state index contributed by atoms with van der Waals surface area (Å²) in [4.78, 5) is 48.3. The number of likely N-dealkylation sites (N-methyl/N-ethyl adjacent to an activating group) is 2. The van der Waals surface area contributed by atoms with E-state index in [1.54, 1.807) is 25.5 Å². The number of amides is 3. The highest BCUT2D eigenvalue weighted by Crippen LogP contribution is 2.22. The highest BCUT2D eigenvalue weighted by molar-refractivity contribution is 5.95. The van der Waals surface area contributed by atoms with Gasteiger partial charge in [-0.1, -0.05) is 66.7 Å². The number of pyridine rings is 1. The second kappa shape index (κ2) is 17.4. The molecule has 0 aliphatic carbocycles. The highest BCUT2D eigenvalue weighted by Gasteiger charge is 2.35. The van der Waals surface area contributed by atoms with Crippen molar-refractivity contribution >= 4 is 17.7 Å². The Kier molecular flexibility index (Phi) is 13.1. The molecule has 2 atom stereocenters. The third-order valence-corrected chi connectivity index (χ3v) is 8.49. The van der Waals surface area contributed by atoms with Gasteiger partial charge in [-0.3, -0.25) is 19.4 Å². The Morgan fingerprint density at radius 2 is 1.42 bits per heavy atom. The number of carbonyl (C=O) groups is 3. The first-order valence-electron chi connectivity index (χ1n) is 16.6. The van der Waals surface area contributed by atoms with Crippen molar-refractivity contribution in [3.63, 3.8) is 0 Å². The number of carbonyl (C=O) groups excluding carboxylic acids is 3. The molecule has 0 bridgehead atoms. The summed E-state index contributed by atoms with van der Waals surface area (Å²) in [6, 6.07) is 22.6. The molecule has 0 aliphatic rings. The molecule has 0 unspecified atom stereocenters. The Labute approximate surface area is 293 Å². The van der Waals surface area contributed by atoms with Gasteiger partial charge >= 0.3 is 0 Å². The maximum Gasteiger partial charge on any atom is 0.246 e. The van der Waals surface area contributed by atoms with Crippen molar-refractivity contribution in [1.29, 1.82) is 0 Å². The first-order valence-corrected chi connectivity index (χ1v) is 16.6. The van der Waals surface area contributed by atoms with Gasteiger partial charge in [-0.15, -0.1) is 0 Å². The number of nitrogens with one attached hydrogen (secondary N) is 1. The number of rotatable bonds is 15. The lowest BCUT2D eigenvalue weighted by Gasteiger charge is -2.34. The standard InChI is InChI=1S/C40H45F2N5O3/c1-40(2,43)21-8-11-37(48)46(3)36(26-29-12-15-32(16-13-29)31-9-6-5-7-10-31)39(50)47(4)35(27-30-14-17-33(41)34(42)25-30)38(49)45-24-20-28-18-22-44-23-19-28/h5-19,22-23,25,35-36H,20-21,24,26-27,43H2,1-4H3,(H,45,49)/t35-,36-/m1/s1. The number of hydrogen-bond donors (Lipinski definition) is 2. The van der Waals surface area contributed by atoms with Crippen LogP contribution in [0.15, 0.2) is 109 Å². The maximum atomic E-state index is 14.4. The van der Waals surface area contributed by atoms with E-state index in [1.165, 1.54) is 29.0 Å². The highest BCUT2D eigenvalue weighted by atomic mass is 19.2. The fourth-order valence-corrected chi connectivity index (χ4v) is 5.49. The molecule has 262 valence electrons. The lowest BCUT2D eigenvalue weighted by atomic mass is 9.98. The summed E-state index contributed by atoms with van der Waals surface area (Å²) in [6.07, 6.45) is 7.46. The van der Waals surface area contributed by atoms with Crippen molar-refractivity contribution in [2.45, 2.75) is 57.2 Å². The van der Waals surface area contributed by atoms with E-state index in [4.69, 9.17) is 5.73 Å². The van der Waals surface area contributed by atoms with E-state index in [0.29, 0.717) is 18.4 Å². The first-order chi connectivity index (χ1) is 23.8. The molecule has 4 aromatic rings. The molecule has 1 aromatic heterocycles. The van der Waals surface area contributed by atoms with E-state index in [1.807, 2.05) is 80.6 Å². The van der Waals surface area contributed by atoms with Crippen molar-refractivity contribution in [3.8, 4) is 11.1 Å². The third kappa shape index (κ3) is 10.9. The van der Waals surface area contributed by atoms with Crippen molar-refractivity contribution in [1.82, 2.24) is 20.1 Å². The first kappa shape index (κ1) is 37.6. The number of halogens is 2. The average Bonchev–Trinajstić information content (AvgIpc) is 3.10. The van der Waals surface area contributed by atoms with Crippen molar-refractivity contribution < 1.29 is 23.2 Å². The van der Waals surface area contributed by atoms with E-state index in [2.05, 4.69) is 10.3 Å². The molecular weight excluding hydrogens is 636 g/mol. The molecule has 3 amide bonds. The van der Waals surface area contributed by atoms with Crippen molar-refractivity contribution in [3.05, 3.63) is 138 Å². The Morgan fingerprint density at radius 3 is 2.06 bits per heavy atom. The Morgan fingerprint density at radius 1 is 0.800 bits per heavy atom. The molecule has 0 saturated heterocycles. The fraction of sp³-hybridized carbons (Fsp3) is 0.300. The summed E-state index contributed by atoms with van der Waals surface area (Å²) in [5.41, 5.74) is 9.72. The Balaban J connectivity index is 1.62. The normalized spacial score (nSPS) is 12.7. The van der Waals surface area contributed by atoms with Gasteiger partial charge < -0.3 is 20.9 Å². The molecule has 8 nitrogen and oxygen atoms in total. The molecule has 0 aliphatic heterocycles. The van der Waals surface area contributed by atoms with E-state index < -0.39 is 47.0 Å². The van der Waals surface area contributed by atoms with Gasteiger partial charge in [0, 0.05) is 51.4 Å². The van der Waals surface area contributed by atoms with Crippen LogP contribution in [-0.4, -0.2) is 70.8 Å². The molecule has 0 saturated carbocycles. The second-order valence-electron chi connectivity index (χ2n) is 13.1. The summed E-state index contributed by atoms with van der Waals surface area (Å²) in [7, 11) is 3.04. The summed E-state index contributed by atoms with van der Waals surface area (Å²) >= 11 is 0. The third-order valence-electron chi connectivity index (χ3n) is 8.49. The molecule has 1 heterocycles. The number of nitrogens with two attached hydrogens (primary N) is 1. The van der Waals surface area contributed by atoms with Gasteiger partial charge in [0.15, 0.2) is 11.6 Å². The minimum Gasteiger partial charge on any atom is -0.354 e. The van der Waals surface area contributed by atoms with Crippen LogP contribution in [-0.2, 0) is 33.6 Å². The van der Waals surface area contributed by atoms with Gasteiger partial charge in [0.25, 0.3) is 0 Å². The monoisotopic (exact) mass is 681 g/mol. The van der Waals surface area contributed by atoms with Crippen LogP contribution in [0.25, 0.3) is 11.1 Å². The van der Waals surface area contributed by atoms with Gasteiger partial charge in [-0.25, -0.2) is 8.78 Å². The molecule has 4 rings (SSSR count). The van der Waals surface area contributed by atoms with Crippen LogP contribution in [0.3, 0.4) is 0 Å². The number of aromatic nitrogens is 1. The molecule has 50 heavy (non-hydrogen) atoms. The lowest BCUT2D eigenvalue weighted by Crippen LogP contribution is -2.56. The summed E-state index contributed by atoms with van der Waals surface area (Å²) in [5, 5.41) is 2.89. The van der Waals surface area contributed by atoms with Gasteiger partial charge in [0.2, 0.25) is 17.7 Å². The summed E-state index contributed by atoms with van der Waals surface area (Å²) in [6.45, 7) is 3.97. The van der Waals surface area contributed by atoms with Crippen LogP contribution in [0.5, 0.6) is 0 Å². The van der Waals surface area contributed by atoms with Crippen LogP contribution in [0.4, 0.5) is 8.78 Å². The largest absolute Gasteiger partial charge is 0.354 e. The van der Waals surface area contributed by atoms with Crippen LogP contribution in [0.1, 0.15) is 37.0 Å². The predicted octanol–water partition coefficient (Wildman–Crippen LogP) is 5.51. The zero-order valence-electron chi connectivity index (χ0n) is 29.0. The van der Waals surface area contributed by atoms with Gasteiger partial charge in [0.1, 0.15) is 12.1 Å². The van der Waals surface area contributed by atoms with Crippen LogP contribution >= 0.6 is 0 Å². The number of benzene rings is 3. The van der Waals surface area contributed by atoms with Gasteiger partial charge in [-0.05, 0) is 84.8 Å². The summed E-state index contributed by atoms with van der Waals surface area (Å²) in [5.74, 6) is -3.42. The van der Waals surface area contributed by atoms with E-state index in [0.717, 1.165) is 34.4 Å². The van der Waals surface area contributed by atoms with Gasteiger partial charge in [-0.2, -0.15) is 0 Å². The maximum absolute atomic E-state index is 14.4. The number of hydrogen-bond acceptors (Lipinski definition) is 5. The molecule has 0 radical (unpaired) electrons. The SMILES string of the molecule is CN(C(=O)C=CCC(C)(C)N)[C@H](Cc1ccc(-c2ccccc2)cc1)C(=O)N(C)[C@H](Cc1ccc(F)c(F)c1)C(=O)NCCc1ccncc1. The topological polar surface area (TPSA) is 109 Å². The van der Waals surface area contributed by atoms with Crippen molar-refractivity contribution in [2.24, 2.45) is 5.73 Å².